The number of hydrogen-bond acceptors (Lipinski definition) is 4. The number of hydrogen-bond donors (Lipinski definition) is 1. The Morgan fingerprint density at radius 3 is 2.94 bits per heavy atom. The van der Waals surface area contributed by atoms with Gasteiger partial charge >= 0.3 is 0 Å². The molecule has 90 valence electrons. The topological polar surface area (TPSA) is 63.7 Å². The summed E-state index contributed by atoms with van der Waals surface area (Å²) in [6.45, 7) is 0. The first kappa shape index (κ1) is 11.0. The van der Waals surface area contributed by atoms with Crippen LogP contribution in [0.1, 0.15) is 0 Å². The summed E-state index contributed by atoms with van der Waals surface area (Å²) in [6, 6.07) is 7.65. The van der Waals surface area contributed by atoms with E-state index in [2.05, 4.69) is 20.2 Å². The summed E-state index contributed by atoms with van der Waals surface area (Å²) >= 11 is 5.74. The van der Waals surface area contributed by atoms with E-state index >= 15 is 0 Å². The van der Waals surface area contributed by atoms with E-state index in [1.165, 1.54) is 0 Å². The lowest BCUT2D eigenvalue weighted by atomic mass is 10.1. The molecule has 5 nitrogen and oxygen atoms in total. The van der Waals surface area contributed by atoms with Crippen LogP contribution in [0.25, 0.3) is 22.3 Å². The van der Waals surface area contributed by atoms with E-state index in [1.54, 1.807) is 13.3 Å². The van der Waals surface area contributed by atoms with Crippen molar-refractivity contribution in [3.05, 3.63) is 35.7 Å². The van der Waals surface area contributed by atoms with Crippen molar-refractivity contribution < 1.29 is 4.74 Å². The maximum atomic E-state index is 5.74. The van der Waals surface area contributed by atoms with Gasteiger partial charge in [0.15, 0.2) is 5.65 Å². The van der Waals surface area contributed by atoms with Gasteiger partial charge in [-0.05, 0) is 23.7 Å². The number of rotatable bonds is 2. The van der Waals surface area contributed by atoms with E-state index in [0.717, 1.165) is 22.4 Å². The second kappa shape index (κ2) is 4.27. The number of nitrogens with one attached hydrogen (secondary N) is 1. The summed E-state index contributed by atoms with van der Waals surface area (Å²) in [4.78, 5) is 8.05. The Balaban J connectivity index is 2.26. The molecule has 6 heteroatoms. The number of nitrogens with zero attached hydrogens (tertiary/aromatic N) is 3. The molecule has 0 aliphatic carbocycles. The van der Waals surface area contributed by atoms with Gasteiger partial charge in [-0.1, -0.05) is 12.1 Å². The Bertz CT molecular complexity index is 710. The van der Waals surface area contributed by atoms with E-state index in [-0.39, 0.29) is 5.28 Å². The average Bonchev–Trinajstić information content (AvgIpc) is 2.81. The van der Waals surface area contributed by atoms with Crippen molar-refractivity contribution >= 4 is 22.6 Å². The van der Waals surface area contributed by atoms with Crippen LogP contribution in [0, 0.1) is 0 Å². The van der Waals surface area contributed by atoms with Gasteiger partial charge in [0.25, 0.3) is 0 Å². The summed E-state index contributed by atoms with van der Waals surface area (Å²) in [5.41, 5.74) is 2.24. The number of H-pyrrole nitrogens is 1. The van der Waals surface area contributed by atoms with Crippen molar-refractivity contribution in [1.29, 1.82) is 0 Å². The molecule has 0 radical (unpaired) electrons. The summed E-state index contributed by atoms with van der Waals surface area (Å²) in [7, 11) is 1.63. The van der Waals surface area contributed by atoms with E-state index in [4.69, 9.17) is 16.3 Å². The Morgan fingerprint density at radius 1 is 1.28 bits per heavy atom. The van der Waals surface area contributed by atoms with Crippen molar-refractivity contribution in [3.63, 3.8) is 0 Å². The highest BCUT2D eigenvalue weighted by molar-refractivity contribution is 6.28. The quantitative estimate of drug-likeness (QED) is 0.720. The SMILES string of the molecule is COc1ccccc1-c1n[nH]c2nc(Cl)ncc12. The first-order valence-electron chi connectivity index (χ1n) is 5.29. The minimum atomic E-state index is 0.192. The smallest absolute Gasteiger partial charge is 0.224 e. The second-order valence-electron chi connectivity index (χ2n) is 3.67. The molecule has 2 aromatic heterocycles. The summed E-state index contributed by atoms with van der Waals surface area (Å²) in [5, 5.41) is 8.09. The van der Waals surface area contributed by atoms with Gasteiger partial charge in [0, 0.05) is 11.8 Å². The Labute approximate surface area is 108 Å². The van der Waals surface area contributed by atoms with Gasteiger partial charge in [-0.15, -0.1) is 0 Å². The van der Waals surface area contributed by atoms with Crippen molar-refractivity contribution in [3.8, 4) is 17.0 Å². The van der Waals surface area contributed by atoms with Crippen LogP contribution in [0.3, 0.4) is 0 Å². The zero-order chi connectivity index (χ0) is 12.5. The van der Waals surface area contributed by atoms with Crippen LogP contribution in [0.5, 0.6) is 5.75 Å². The van der Waals surface area contributed by atoms with Gasteiger partial charge in [-0.2, -0.15) is 10.1 Å². The number of methoxy groups -OCH3 is 1. The molecule has 3 rings (SSSR count). The fraction of sp³-hybridized carbons (Fsp3) is 0.0833. The lowest BCUT2D eigenvalue weighted by molar-refractivity contribution is 0.416. The number of ether oxygens (including phenoxy) is 1. The van der Waals surface area contributed by atoms with E-state index in [0.29, 0.717) is 5.65 Å². The Kier molecular flexibility index (Phi) is 2.60. The highest BCUT2D eigenvalue weighted by Crippen LogP contribution is 2.32. The van der Waals surface area contributed by atoms with Crippen LogP contribution < -0.4 is 4.74 Å². The molecule has 0 saturated carbocycles. The van der Waals surface area contributed by atoms with E-state index < -0.39 is 0 Å². The molecule has 0 unspecified atom stereocenters. The molecule has 0 bridgehead atoms. The number of aromatic amines is 1. The maximum absolute atomic E-state index is 5.74. The first-order chi connectivity index (χ1) is 8.79. The van der Waals surface area contributed by atoms with Crippen LogP contribution in [0.2, 0.25) is 5.28 Å². The predicted molar refractivity (Wildman–Crippen MR) is 68.7 cm³/mol. The summed E-state index contributed by atoms with van der Waals surface area (Å²) < 4.78 is 5.32. The normalized spacial score (nSPS) is 10.8. The third-order valence-corrected chi connectivity index (χ3v) is 2.83. The fourth-order valence-electron chi connectivity index (χ4n) is 1.83. The Hall–Kier alpha value is -2.14. The average molecular weight is 261 g/mol. The molecule has 2 heterocycles. The monoisotopic (exact) mass is 260 g/mol. The van der Waals surface area contributed by atoms with Crippen LogP contribution in [-0.2, 0) is 0 Å². The van der Waals surface area contributed by atoms with Crippen molar-refractivity contribution in [1.82, 2.24) is 20.2 Å². The molecule has 0 spiro atoms. The van der Waals surface area contributed by atoms with Gasteiger partial charge in [-0.3, -0.25) is 5.10 Å². The number of aromatic nitrogens is 4. The molecule has 18 heavy (non-hydrogen) atoms. The zero-order valence-electron chi connectivity index (χ0n) is 9.51. The van der Waals surface area contributed by atoms with Gasteiger partial charge in [0.2, 0.25) is 5.28 Å². The summed E-state index contributed by atoms with van der Waals surface area (Å²) in [6.07, 6.45) is 1.65. The predicted octanol–water partition coefficient (Wildman–Crippen LogP) is 2.68. The molecule has 0 aliphatic heterocycles. The van der Waals surface area contributed by atoms with E-state index in [1.807, 2.05) is 24.3 Å². The molecular formula is C12H9ClN4O. The lowest BCUT2D eigenvalue weighted by Gasteiger charge is -2.05. The maximum Gasteiger partial charge on any atom is 0.224 e. The lowest BCUT2D eigenvalue weighted by Crippen LogP contribution is -1.88. The van der Waals surface area contributed by atoms with Crippen LogP contribution in [-0.4, -0.2) is 27.3 Å². The van der Waals surface area contributed by atoms with Crippen LogP contribution >= 0.6 is 11.6 Å². The second-order valence-corrected chi connectivity index (χ2v) is 4.01. The molecule has 0 saturated heterocycles. The van der Waals surface area contributed by atoms with Crippen LogP contribution in [0.4, 0.5) is 0 Å². The number of benzene rings is 1. The largest absolute Gasteiger partial charge is 0.496 e. The fourth-order valence-corrected chi connectivity index (χ4v) is 1.97. The summed E-state index contributed by atoms with van der Waals surface area (Å²) in [5.74, 6) is 0.751. The molecule has 0 amide bonds. The molecule has 0 aliphatic rings. The number of para-hydroxylation sites is 1. The van der Waals surface area contributed by atoms with Crippen molar-refractivity contribution in [2.75, 3.05) is 7.11 Å². The molecule has 1 N–H and O–H groups in total. The minimum absolute atomic E-state index is 0.192. The van der Waals surface area contributed by atoms with Crippen molar-refractivity contribution in [2.24, 2.45) is 0 Å². The number of fused-ring (bicyclic) bond motifs is 1. The third-order valence-electron chi connectivity index (χ3n) is 2.65. The molecule has 1 aromatic carbocycles. The highest BCUT2D eigenvalue weighted by atomic mass is 35.5. The minimum Gasteiger partial charge on any atom is -0.496 e. The number of halogens is 1. The highest BCUT2D eigenvalue weighted by Gasteiger charge is 2.13. The van der Waals surface area contributed by atoms with Gasteiger partial charge in [-0.25, -0.2) is 4.98 Å². The molecule has 3 aromatic rings. The zero-order valence-corrected chi connectivity index (χ0v) is 10.3. The van der Waals surface area contributed by atoms with E-state index in [9.17, 15) is 0 Å². The van der Waals surface area contributed by atoms with Gasteiger partial charge in [0.1, 0.15) is 11.4 Å². The third kappa shape index (κ3) is 1.69. The molecule has 0 fully saturated rings. The molecule has 0 atom stereocenters. The Morgan fingerprint density at radius 2 is 2.11 bits per heavy atom. The van der Waals surface area contributed by atoms with Gasteiger partial charge in [0.05, 0.1) is 12.5 Å². The molecular weight excluding hydrogens is 252 g/mol. The first-order valence-corrected chi connectivity index (χ1v) is 5.67. The standard InChI is InChI=1S/C12H9ClN4O/c1-18-9-5-3-2-4-7(9)10-8-6-14-12(13)15-11(8)17-16-10/h2-6H,1H3,(H,14,15,16,17). The van der Waals surface area contributed by atoms with Crippen molar-refractivity contribution in [2.45, 2.75) is 0 Å². The van der Waals surface area contributed by atoms with Gasteiger partial charge < -0.3 is 4.74 Å². The van der Waals surface area contributed by atoms with Crippen LogP contribution in [0.15, 0.2) is 30.5 Å².